The molecule has 0 N–H and O–H groups in total. The minimum absolute atomic E-state index is 0.229. The van der Waals surface area contributed by atoms with Crippen LogP contribution in [0, 0.1) is 0 Å². The molecule has 4 heteroatoms. The molecule has 1 heterocycles. The molecule has 0 amide bonds. The van der Waals surface area contributed by atoms with E-state index in [2.05, 4.69) is 4.98 Å². The zero-order valence-electron chi connectivity index (χ0n) is 8.15. The van der Waals surface area contributed by atoms with Crippen molar-refractivity contribution < 1.29 is 4.79 Å². The van der Waals surface area contributed by atoms with Gasteiger partial charge in [-0.05, 0) is 24.3 Å². The van der Waals surface area contributed by atoms with E-state index in [0.717, 1.165) is 0 Å². The van der Waals surface area contributed by atoms with Gasteiger partial charge in [-0.1, -0.05) is 35.3 Å². The lowest BCUT2D eigenvalue weighted by Gasteiger charge is -2.03. The molecule has 0 saturated carbocycles. The van der Waals surface area contributed by atoms with Crippen molar-refractivity contribution in [2.24, 2.45) is 0 Å². The second-order valence-corrected chi connectivity index (χ2v) is 3.93. The zero-order chi connectivity index (χ0) is 11.5. The summed E-state index contributed by atoms with van der Waals surface area (Å²) in [5.41, 5.74) is 0.722. The zero-order valence-corrected chi connectivity index (χ0v) is 9.66. The van der Waals surface area contributed by atoms with Gasteiger partial charge in [-0.2, -0.15) is 0 Å². The summed E-state index contributed by atoms with van der Waals surface area (Å²) in [6.07, 6.45) is 1.56. The van der Waals surface area contributed by atoms with Crippen LogP contribution in [0.25, 0.3) is 0 Å². The van der Waals surface area contributed by atoms with Crippen molar-refractivity contribution in [3.05, 3.63) is 63.9 Å². The van der Waals surface area contributed by atoms with Gasteiger partial charge in [-0.3, -0.25) is 9.78 Å². The van der Waals surface area contributed by atoms with Gasteiger partial charge in [0, 0.05) is 11.8 Å². The summed E-state index contributed by atoms with van der Waals surface area (Å²) in [4.78, 5) is 16.0. The Hall–Kier alpha value is -1.38. The summed E-state index contributed by atoms with van der Waals surface area (Å²) in [6, 6.07) is 10.1. The van der Waals surface area contributed by atoms with E-state index in [1.165, 1.54) is 0 Å². The average molecular weight is 252 g/mol. The number of aromatic nitrogens is 1. The van der Waals surface area contributed by atoms with Crippen molar-refractivity contribution in [1.29, 1.82) is 0 Å². The van der Waals surface area contributed by atoms with E-state index >= 15 is 0 Å². The van der Waals surface area contributed by atoms with Gasteiger partial charge in [-0.15, -0.1) is 0 Å². The van der Waals surface area contributed by atoms with Crippen molar-refractivity contribution in [3.8, 4) is 0 Å². The Balaban J connectivity index is 2.46. The predicted octanol–water partition coefficient (Wildman–Crippen LogP) is 3.62. The second kappa shape index (κ2) is 4.64. The van der Waals surface area contributed by atoms with Gasteiger partial charge < -0.3 is 0 Å². The van der Waals surface area contributed by atoms with Crippen LogP contribution in [0.1, 0.15) is 16.1 Å². The van der Waals surface area contributed by atoms with Gasteiger partial charge >= 0.3 is 0 Å². The van der Waals surface area contributed by atoms with E-state index in [-0.39, 0.29) is 10.8 Å². The van der Waals surface area contributed by atoms with E-state index < -0.39 is 0 Å². The number of halogens is 2. The summed E-state index contributed by atoms with van der Waals surface area (Å²) in [5.74, 6) is -0.229. The predicted molar refractivity (Wildman–Crippen MR) is 64.1 cm³/mol. The number of carbonyl (C=O) groups is 1. The third-order valence-corrected chi connectivity index (χ3v) is 2.91. The largest absolute Gasteiger partial charge is 0.287 e. The molecule has 16 heavy (non-hydrogen) atoms. The Morgan fingerprint density at radius 2 is 1.88 bits per heavy atom. The molecular weight excluding hydrogens is 245 g/mol. The first-order chi connectivity index (χ1) is 7.70. The van der Waals surface area contributed by atoms with Crippen molar-refractivity contribution in [2.45, 2.75) is 0 Å². The quantitative estimate of drug-likeness (QED) is 0.764. The van der Waals surface area contributed by atoms with Crippen molar-refractivity contribution in [2.75, 3.05) is 0 Å². The number of rotatable bonds is 2. The molecule has 0 bridgehead atoms. The first kappa shape index (κ1) is 11.1. The van der Waals surface area contributed by atoms with Gasteiger partial charge in [0.05, 0.1) is 10.0 Å². The van der Waals surface area contributed by atoms with Crippen LogP contribution in [-0.2, 0) is 0 Å². The lowest BCUT2D eigenvalue weighted by Crippen LogP contribution is -2.04. The third kappa shape index (κ3) is 2.08. The Labute approximate surface area is 103 Å². The summed E-state index contributed by atoms with van der Waals surface area (Å²) >= 11 is 11.8. The van der Waals surface area contributed by atoms with Gasteiger partial charge in [-0.25, -0.2) is 0 Å². The van der Waals surface area contributed by atoms with Crippen LogP contribution >= 0.6 is 23.2 Å². The third-order valence-electron chi connectivity index (χ3n) is 2.09. The molecule has 0 atom stereocenters. The number of pyridine rings is 1. The molecule has 0 aliphatic heterocycles. The first-order valence-electron chi connectivity index (χ1n) is 4.60. The maximum atomic E-state index is 12.0. The molecule has 2 rings (SSSR count). The Morgan fingerprint density at radius 3 is 2.56 bits per heavy atom. The SMILES string of the molecule is O=C(c1ccccn1)c1cccc(Cl)c1Cl. The van der Waals surface area contributed by atoms with Crippen molar-refractivity contribution in [3.63, 3.8) is 0 Å². The number of hydrogen-bond acceptors (Lipinski definition) is 2. The maximum Gasteiger partial charge on any atom is 0.212 e. The first-order valence-corrected chi connectivity index (χ1v) is 5.35. The van der Waals surface area contributed by atoms with Crippen LogP contribution in [0.4, 0.5) is 0 Å². The summed E-state index contributed by atoms with van der Waals surface area (Å²) in [5, 5.41) is 0.628. The molecule has 0 unspecified atom stereocenters. The molecule has 2 nitrogen and oxygen atoms in total. The van der Waals surface area contributed by atoms with Gasteiger partial charge in [0.2, 0.25) is 5.78 Å². The summed E-state index contributed by atoms with van der Waals surface area (Å²) in [6.45, 7) is 0. The highest BCUT2D eigenvalue weighted by Crippen LogP contribution is 2.26. The number of ketones is 1. The molecule has 0 spiro atoms. The standard InChI is InChI=1S/C12H7Cl2NO/c13-9-5-3-4-8(11(9)14)12(16)10-6-1-2-7-15-10/h1-7H. The Kier molecular flexibility index (Phi) is 3.22. The van der Waals surface area contributed by atoms with E-state index in [1.807, 2.05) is 0 Å². The van der Waals surface area contributed by atoms with Crippen molar-refractivity contribution >= 4 is 29.0 Å². The molecule has 0 aliphatic rings. The lowest BCUT2D eigenvalue weighted by atomic mass is 10.1. The van der Waals surface area contributed by atoms with Gasteiger partial charge in [0.15, 0.2) is 0 Å². The fraction of sp³-hybridized carbons (Fsp3) is 0. The monoisotopic (exact) mass is 251 g/mol. The van der Waals surface area contributed by atoms with Crippen LogP contribution in [-0.4, -0.2) is 10.8 Å². The fourth-order valence-electron chi connectivity index (χ4n) is 1.31. The molecule has 0 radical (unpaired) electrons. The number of carbonyl (C=O) groups excluding carboxylic acids is 1. The van der Waals surface area contributed by atoms with Crippen LogP contribution in [0.15, 0.2) is 42.6 Å². The Bertz CT molecular complexity index is 526. The highest BCUT2D eigenvalue weighted by atomic mass is 35.5. The van der Waals surface area contributed by atoms with Crippen molar-refractivity contribution in [1.82, 2.24) is 4.98 Å². The van der Waals surface area contributed by atoms with Crippen LogP contribution < -0.4 is 0 Å². The summed E-state index contributed by atoms with van der Waals surface area (Å²) in [7, 11) is 0. The van der Waals surface area contributed by atoms with Gasteiger partial charge in [0.1, 0.15) is 5.69 Å². The molecule has 2 aromatic rings. The van der Waals surface area contributed by atoms with E-state index in [4.69, 9.17) is 23.2 Å². The highest BCUT2D eigenvalue weighted by Gasteiger charge is 2.14. The second-order valence-electron chi connectivity index (χ2n) is 3.15. The smallest absolute Gasteiger partial charge is 0.212 e. The summed E-state index contributed by atoms with van der Waals surface area (Å²) < 4.78 is 0. The van der Waals surface area contributed by atoms with E-state index in [0.29, 0.717) is 16.3 Å². The minimum atomic E-state index is -0.229. The van der Waals surface area contributed by atoms with Crippen LogP contribution in [0.5, 0.6) is 0 Å². The topological polar surface area (TPSA) is 30.0 Å². The average Bonchev–Trinajstić information content (AvgIpc) is 2.33. The molecular formula is C12H7Cl2NO. The highest BCUT2D eigenvalue weighted by molar-refractivity contribution is 6.44. The van der Waals surface area contributed by atoms with Crippen LogP contribution in [0.2, 0.25) is 10.0 Å². The van der Waals surface area contributed by atoms with Gasteiger partial charge in [0.25, 0.3) is 0 Å². The normalized spacial score (nSPS) is 10.1. The molecule has 0 aliphatic carbocycles. The minimum Gasteiger partial charge on any atom is -0.287 e. The fourth-order valence-corrected chi connectivity index (χ4v) is 1.70. The van der Waals surface area contributed by atoms with E-state index in [9.17, 15) is 4.79 Å². The van der Waals surface area contributed by atoms with Crippen LogP contribution in [0.3, 0.4) is 0 Å². The number of hydrogen-bond donors (Lipinski definition) is 0. The number of nitrogens with zero attached hydrogens (tertiary/aromatic N) is 1. The van der Waals surface area contributed by atoms with E-state index in [1.54, 1.807) is 42.6 Å². The molecule has 1 aromatic heterocycles. The lowest BCUT2D eigenvalue weighted by molar-refractivity contribution is 0.103. The molecule has 1 aromatic carbocycles. The molecule has 0 fully saturated rings. The molecule has 80 valence electrons. The number of benzene rings is 1. The molecule has 0 saturated heterocycles. The maximum absolute atomic E-state index is 12.0. The Morgan fingerprint density at radius 1 is 1.06 bits per heavy atom.